The van der Waals surface area contributed by atoms with Crippen molar-refractivity contribution in [3.05, 3.63) is 0 Å². The lowest BCUT2D eigenvalue weighted by molar-refractivity contribution is -0.142. The van der Waals surface area contributed by atoms with Gasteiger partial charge in [-0.1, -0.05) is 13.3 Å². The largest absolute Gasteiger partial charge is 0.465 e. The summed E-state index contributed by atoms with van der Waals surface area (Å²) in [6.45, 7) is 9.00. The van der Waals surface area contributed by atoms with Gasteiger partial charge in [0.2, 0.25) is 0 Å². The Kier molecular flexibility index (Phi) is 9.24. The van der Waals surface area contributed by atoms with E-state index in [0.29, 0.717) is 19.2 Å². The van der Waals surface area contributed by atoms with E-state index in [-0.39, 0.29) is 5.97 Å². The van der Waals surface area contributed by atoms with Crippen molar-refractivity contribution in [2.24, 2.45) is 0 Å². The zero-order chi connectivity index (χ0) is 12.4. The zero-order valence-electron chi connectivity index (χ0n) is 11.1. The highest BCUT2D eigenvalue weighted by molar-refractivity contribution is 5.71. The third-order valence-electron chi connectivity index (χ3n) is 2.55. The number of carbonyl (C=O) groups is 1. The normalized spacial score (nSPS) is 11.1. The fourth-order valence-corrected chi connectivity index (χ4v) is 1.09. The number of carbonyl (C=O) groups excluding carboxylic acids is 1. The minimum absolute atomic E-state index is 0.152. The minimum Gasteiger partial charge on any atom is -0.465 e. The number of likely N-dealkylation sites (N-methyl/N-ethyl adjacent to an activating group) is 1. The van der Waals surface area contributed by atoms with Crippen LogP contribution in [0.1, 0.15) is 33.6 Å². The van der Waals surface area contributed by atoms with E-state index in [0.717, 1.165) is 25.9 Å². The zero-order valence-corrected chi connectivity index (χ0v) is 11.1. The molecule has 4 nitrogen and oxygen atoms in total. The average Bonchev–Trinajstić information content (AvgIpc) is 2.24. The first-order valence-electron chi connectivity index (χ1n) is 6.14. The van der Waals surface area contributed by atoms with Gasteiger partial charge >= 0.3 is 5.97 Å². The van der Waals surface area contributed by atoms with Crippen molar-refractivity contribution in [3.8, 4) is 0 Å². The number of hydrogen-bond acceptors (Lipinski definition) is 4. The molecule has 0 rings (SSSR count). The van der Waals surface area contributed by atoms with Crippen molar-refractivity contribution in [1.82, 2.24) is 10.2 Å². The first-order valence-corrected chi connectivity index (χ1v) is 6.14. The molecule has 0 fully saturated rings. The molecule has 0 aromatic rings. The maximum atomic E-state index is 11.2. The molecular weight excluding hydrogens is 204 g/mol. The number of ether oxygens (including phenoxy) is 1. The van der Waals surface area contributed by atoms with Crippen molar-refractivity contribution >= 4 is 5.97 Å². The molecule has 0 aliphatic rings. The van der Waals surface area contributed by atoms with E-state index in [1.807, 2.05) is 0 Å². The maximum Gasteiger partial charge on any atom is 0.319 e. The van der Waals surface area contributed by atoms with Crippen LogP contribution in [0.2, 0.25) is 0 Å². The molecule has 0 amide bonds. The molecule has 0 atom stereocenters. The highest BCUT2D eigenvalue weighted by Gasteiger charge is 2.04. The summed E-state index contributed by atoms with van der Waals surface area (Å²) >= 11 is 0. The van der Waals surface area contributed by atoms with Crippen LogP contribution in [-0.4, -0.2) is 50.2 Å². The third kappa shape index (κ3) is 8.68. The van der Waals surface area contributed by atoms with Gasteiger partial charge in [0, 0.05) is 19.1 Å². The highest BCUT2D eigenvalue weighted by Crippen LogP contribution is 1.91. The molecule has 1 N–H and O–H groups in total. The van der Waals surface area contributed by atoms with Gasteiger partial charge in [-0.05, 0) is 27.3 Å². The van der Waals surface area contributed by atoms with Gasteiger partial charge in [-0.2, -0.15) is 0 Å². The van der Waals surface area contributed by atoms with E-state index in [1.54, 1.807) is 0 Å². The van der Waals surface area contributed by atoms with Gasteiger partial charge in [-0.15, -0.1) is 0 Å². The topological polar surface area (TPSA) is 41.6 Å². The number of esters is 1. The molecule has 0 bridgehead atoms. The Morgan fingerprint density at radius 2 is 2.12 bits per heavy atom. The van der Waals surface area contributed by atoms with E-state index in [2.05, 4.69) is 38.0 Å². The molecular formula is C12H26N2O2. The van der Waals surface area contributed by atoms with Crippen molar-refractivity contribution in [3.63, 3.8) is 0 Å². The van der Waals surface area contributed by atoms with Crippen LogP contribution in [0.4, 0.5) is 0 Å². The summed E-state index contributed by atoms with van der Waals surface area (Å²) in [4.78, 5) is 13.4. The van der Waals surface area contributed by atoms with E-state index in [1.165, 1.54) is 0 Å². The molecule has 0 aromatic heterocycles. The summed E-state index contributed by atoms with van der Waals surface area (Å²) in [5.74, 6) is -0.152. The predicted octanol–water partition coefficient (Wildman–Crippen LogP) is 1.26. The van der Waals surface area contributed by atoms with Crippen LogP contribution in [-0.2, 0) is 9.53 Å². The second kappa shape index (κ2) is 9.60. The van der Waals surface area contributed by atoms with Crippen molar-refractivity contribution in [2.45, 2.75) is 39.7 Å². The molecule has 0 aromatic carbocycles. The van der Waals surface area contributed by atoms with E-state index in [9.17, 15) is 4.79 Å². The van der Waals surface area contributed by atoms with E-state index in [4.69, 9.17) is 4.74 Å². The lowest BCUT2D eigenvalue weighted by Crippen LogP contribution is -2.35. The van der Waals surface area contributed by atoms with Gasteiger partial charge in [-0.3, -0.25) is 4.79 Å². The van der Waals surface area contributed by atoms with E-state index >= 15 is 0 Å². The number of nitrogens with one attached hydrogen (secondary N) is 1. The van der Waals surface area contributed by atoms with Gasteiger partial charge in [-0.25, -0.2) is 0 Å². The monoisotopic (exact) mass is 230 g/mol. The molecule has 96 valence electrons. The van der Waals surface area contributed by atoms with Gasteiger partial charge in [0.05, 0.1) is 13.2 Å². The van der Waals surface area contributed by atoms with Crippen LogP contribution < -0.4 is 5.32 Å². The Morgan fingerprint density at radius 3 is 2.69 bits per heavy atom. The predicted molar refractivity (Wildman–Crippen MR) is 66.5 cm³/mol. The summed E-state index contributed by atoms with van der Waals surface area (Å²) in [6.07, 6.45) is 2.00. The van der Waals surface area contributed by atoms with Gasteiger partial charge < -0.3 is 15.0 Å². The first-order chi connectivity index (χ1) is 7.57. The molecule has 0 spiro atoms. The average molecular weight is 230 g/mol. The van der Waals surface area contributed by atoms with Crippen molar-refractivity contribution in [1.29, 1.82) is 0 Å². The number of hydrogen-bond donors (Lipinski definition) is 1. The van der Waals surface area contributed by atoms with Crippen molar-refractivity contribution in [2.75, 3.05) is 33.3 Å². The standard InChI is InChI=1S/C12H26N2O2/c1-5-6-9-16-12(15)10-13-7-8-14(4)11(2)3/h11,13H,5-10H2,1-4H3. The summed E-state index contributed by atoms with van der Waals surface area (Å²) in [7, 11) is 2.08. The van der Waals surface area contributed by atoms with Crippen LogP contribution in [0, 0.1) is 0 Å². The SMILES string of the molecule is CCCCOC(=O)CNCCN(C)C(C)C. The molecule has 0 saturated heterocycles. The van der Waals surface area contributed by atoms with Crippen LogP contribution in [0.25, 0.3) is 0 Å². The smallest absolute Gasteiger partial charge is 0.319 e. The van der Waals surface area contributed by atoms with Gasteiger partial charge in [0.1, 0.15) is 0 Å². The van der Waals surface area contributed by atoms with Crippen LogP contribution in [0.3, 0.4) is 0 Å². The van der Waals surface area contributed by atoms with Crippen LogP contribution in [0.5, 0.6) is 0 Å². The Morgan fingerprint density at radius 1 is 1.44 bits per heavy atom. The van der Waals surface area contributed by atoms with Crippen molar-refractivity contribution < 1.29 is 9.53 Å². The maximum absolute atomic E-state index is 11.2. The molecule has 16 heavy (non-hydrogen) atoms. The first kappa shape index (κ1) is 15.4. The third-order valence-corrected chi connectivity index (χ3v) is 2.55. The quantitative estimate of drug-likeness (QED) is 0.478. The Balaban J connectivity index is 3.34. The summed E-state index contributed by atoms with van der Waals surface area (Å²) < 4.78 is 5.02. The van der Waals surface area contributed by atoms with E-state index < -0.39 is 0 Å². The second-order valence-corrected chi connectivity index (χ2v) is 4.33. The molecule has 0 aliphatic carbocycles. The number of unbranched alkanes of at least 4 members (excludes halogenated alkanes) is 1. The Bertz CT molecular complexity index is 184. The fraction of sp³-hybridized carbons (Fsp3) is 0.917. The Hall–Kier alpha value is -0.610. The fourth-order valence-electron chi connectivity index (χ4n) is 1.09. The molecule has 0 radical (unpaired) electrons. The molecule has 0 unspecified atom stereocenters. The van der Waals surface area contributed by atoms with Gasteiger partial charge in [0.15, 0.2) is 0 Å². The number of nitrogens with zero attached hydrogens (tertiary/aromatic N) is 1. The van der Waals surface area contributed by atoms with Gasteiger partial charge in [0.25, 0.3) is 0 Å². The lowest BCUT2D eigenvalue weighted by Gasteiger charge is -2.20. The summed E-state index contributed by atoms with van der Waals surface area (Å²) in [6, 6.07) is 0.540. The molecule has 0 aliphatic heterocycles. The lowest BCUT2D eigenvalue weighted by atomic mass is 10.3. The molecule has 4 heteroatoms. The second-order valence-electron chi connectivity index (χ2n) is 4.33. The molecule has 0 heterocycles. The minimum atomic E-state index is -0.152. The summed E-state index contributed by atoms with van der Waals surface area (Å²) in [5.41, 5.74) is 0. The van der Waals surface area contributed by atoms with Crippen LogP contribution >= 0.6 is 0 Å². The summed E-state index contributed by atoms with van der Waals surface area (Å²) in [5, 5.41) is 3.08. The van der Waals surface area contributed by atoms with Crippen LogP contribution in [0.15, 0.2) is 0 Å². The molecule has 0 saturated carbocycles. The highest BCUT2D eigenvalue weighted by atomic mass is 16.5. The number of rotatable bonds is 9. The Labute approximate surface area is 99.3 Å².